The van der Waals surface area contributed by atoms with Gasteiger partial charge in [0, 0.05) is 25.2 Å². The van der Waals surface area contributed by atoms with Crippen LogP contribution >= 0.6 is 35.3 Å². The molecule has 6 nitrogen and oxygen atoms in total. The molecule has 2 rings (SSSR count). The number of rotatable bonds is 5. The van der Waals surface area contributed by atoms with E-state index < -0.39 is 0 Å². The van der Waals surface area contributed by atoms with Crippen LogP contribution in [0.15, 0.2) is 34.6 Å². The summed E-state index contributed by atoms with van der Waals surface area (Å²) in [6, 6.07) is 7.49. The molecule has 0 atom stereocenters. The highest BCUT2D eigenvalue weighted by atomic mass is 127. The Labute approximate surface area is 151 Å². The number of benzene rings is 1. The Morgan fingerprint density at radius 3 is 2.59 bits per heavy atom. The van der Waals surface area contributed by atoms with Crippen molar-refractivity contribution in [3.63, 3.8) is 0 Å². The van der Waals surface area contributed by atoms with Gasteiger partial charge in [-0.05, 0) is 24.3 Å². The van der Waals surface area contributed by atoms with Crippen LogP contribution in [0.3, 0.4) is 0 Å². The summed E-state index contributed by atoms with van der Waals surface area (Å²) in [5, 5.41) is 5.98. The van der Waals surface area contributed by atoms with Gasteiger partial charge in [-0.25, -0.2) is 9.98 Å². The lowest BCUT2D eigenvalue weighted by Crippen LogP contribution is -2.22. The summed E-state index contributed by atoms with van der Waals surface area (Å²) in [5.41, 5.74) is 7.63. The molecule has 3 N–H and O–H groups in total. The first-order chi connectivity index (χ1) is 10.1. The number of anilines is 2. The summed E-state index contributed by atoms with van der Waals surface area (Å²) in [7, 11) is 5.56. The van der Waals surface area contributed by atoms with E-state index in [4.69, 9.17) is 10.5 Å². The summed E-state index contributed by atoms with van der Waals surface area (Å²) < 4.78 is 5.10. The number of nitrogens with zero attached hydrogens (tertiary/aromatic N) is 3. The van der Waals surface area contributed by atoms with E-state index in [-0.39, 0.29) is 24.0 Å². The van der Waals surface area contributed by atoms with Gasteiger partial charge in [0.05, 0.1) is 19.3 Å². The number of nitrogens with two attached hydrogens (primary N) is 1. The van der Waals surface area contributed by atoms with Gasteiger partial charge in [0.2, 0.25) is 0 Å². The van der Waals surface area contributed by atoms with Crippen LogP contribution in [0.25, 0.3) is 0 Å². The van der Waals surface area contributed by atoms with Crippen LogP contribution < -0.4 is 20.7 Å². The molecule has 0 saturated heterocycles. The number of hydrogen-bond acceptors (Lipinski definition) is 5. The molecule has 0 aliphatic heterocycles. The number of hydrogen-bond donors (Lipinski definition) is 2. The van der Waals surface area contributed by atoms with E-state index in [9.17, 15) is 0 Å². The monoisotopic (exact) mass is 433 g/mol. The lowest BCUT2D eigenvalue weighted by molar-refractivity contribution is 0.415. The second-order valence-corrected chi connectivity index (χ2v) is 5.41. The van der Waals surface area contributed by atoms with Crippen molar-refractivity contribution in [2.45, 2.75) is 6.54 Å². The number of ether oxygens (including phenoxy) is 1. The number of nitrogens with one attached hydrogen (secondary N) is 1. The Morgan fingerprint density at radius 1 is 1.36 bits per heavy atom. The van der Waals surface area contributed by atoms with E-state index in [2.05, 4.69) is 15.3 Å². The number of methoxy groups -OCH3 is 1. The maximum absolute atomic E-state index is 5.86. The number of guanidine groups is 1. The molecule has 0 bridgehead atoms. The molecular weight excluding hydrogens is 413 g/mol. The van der Waals surface area contributed by atoms with Gasteiger partial charge in [-0.1, -0.05) is 0 Å². The average Bonchev–Trinajstić information content (AvgIpc) is 2.95. The van der Waals surface area contributed by atoms with Crippen molar-refractivity contribution in [2.24, 2.45) is 10.7 Å². The third-order valence-electron chi connectivity index (χ3n) is 2.70. The van der Waals surface area contributed by atoms with Gasteiger partial charge in [0.25, 0.3) is 0 Å². The molecule has 0 saturated carbocycles. The van der Waals surface area contributed by atoms with Crippen LogP contribution in [0.5, 0.6) is 5.75 Å². The Bertz CT molecular complexity index is 612. The van der Waals surface area contributed by atoms with Crippen molar-refractivity contribution in [3.05, 3.63) is 35.3 Å². The van der Waals surface area contributed by atoms with Gasteiger partial charge in [0.15, 0.2) is 11.1 Å². The first-order valence-electron chi connectivity index (χ1n) is 6.41. The van der Waals surface area contributed by atoms with E-state index >= 15 is 0 Å². The van der Waals surface area contributed by atoms with Gasteiger partial charge in [-0.15, -0.1) is 35.3 Å². The van der Waals surface area contributed by atoms with Crippen molar-refractivity contribution in [1.82, 2.24) is 4.98 Å². The Hall–Kier alpha value is -1.55. The lowest BCUT2D eigenvalue weighted by atomic mass is 10.3. The first-order valence-corrected chi connectivity index (χ1v) is 7.29. The maximum Gasteiger partial charge on any atom is 0.193 e. The van der Waals surface area contributed by atoms with Crippen molar-refractivity contribution in [1.29, 1.82) is 0 Å². The minimum atomic E-state index is 0. The van der Waals surface area contributed by atoms with Crippen LogP contribution in [-0.2, 0) is 6.54 Å². The molecule has 1 aromatic carbocycles. The quantitative estimate of drug-likeness (QED) is 0.431. The molecule has 0 unspecified atom stereocenters. The molecule has 0 aliphatic carbocycles. The Kier molecular flexibility index (Phi) is 7.39. The maximum atomic E-state index is 5.86. The molecule has 0 fully saturated rings. The van der Waals surface area contributed by atoms with Crippen LogP contribution in [-0.4, -0.2) is 32.1 Å². The van der Waals surface area contributed by atoms with E-state index in [1.165, 1.54) is 0 Å². The molecular formula is C14H20IN5OS. The SMILES string of the molecule is COc1ccc(NC(N)=NCc2csc(N(C)C)n2)cc1.I. The van der Waals surface area contributed by atoms with Gasteiger partial charge in [0.1, 0.15) is 5.75 Å². The zero-order valence-corrected chi connectivity index (χ0v) is 15.9. The highest BCUT2D eigenvalue weighted by Crippen LogP contribution is 2.18. The fraction of sp³-hybridized carbons (Fsp3) is 0.286. The lowest BCUT2D eigenvalue weighted by Gasteiger charge is -2.06. The average molecular weight is 433 g/mol. The molecule has 120 valence electrons. The second-order valence-electron chi connectivity index (χ2n) is 4.57. The molecule has 1 heterocycles. The summed E-state index contributed by atoms with van der Waals surface area (Å²) in [4.78, 5) is 10.7. The summed E-state index contributed by atoms with van der Waals surface area (Å²) in [6.07, 6.45) is 0. The minimum Gasteiger partial charge on any atom is -0.497 e. The zero-order valence-electron chi connectivity index (χ0n) is 12.7. The van der Waals surface area contributed by atoms with Gasteiger partial charge in [-0.2, -0.15) is 0 Å². The van der Waals surface area contributed by atoms with Crippen LogP contribution in [0, 0.1) is 0 Å². The standard InChI is InChI=1S/C14H19N5OS.HI/c1-19(2)14-18-11(9-21-14)8-16-13(15)17-10-4-6-12(20-3)7-5-10;/h4-7,9H,8H2,1-3H3,(H3,15,16,17);1H. The Balaban J connectivity index is 0.00000242. The van der Waals surface area contributed by atoms with Crippen molar-refractivity contribution in [3.8, 4) is 5.75 Å². The third-order valence-corrected chi connectivity index (χ3v) is 3.75. The van der Waals surface area contributed by atoms with Crippen LogP contribution in [0.2, 0.25) is 0 Å². The molecule has 0 radical (unpaired) electrons. The van der Waals surface area contributed by atoms with Gasteiger partial charge < -0.3 is 20.7 Å². The van der Waals surface area contributed by atoms with Crippen LogP contribution in [0.1, 0.15) is 5.69 Å². The third kappa shape index (κ3) is 5.34. The molecule has 1 aromatic heterocycles. The number of aromatic nitrogens is 1. The van der Waals surface area contributed by atoms with Crippen molar-refractivity contribution < 1.29 is 4.74 Å². The first kappa shape index (κ1) is 18.5. The van der Waals surface area contributed by atoms with Gasteiger partial charge in [-0.3, -0.25) is 0 Å². The van der Waals surface area contributed by atoms with E-state index in [1.807, 2.05) is 48.6 Å². The minimum absolute atomic E-state index is 0. The molecule has 2 aromatic rings. The number of aliphatic imine (C=N–C) groups is 1. The van der Waals surface area contributed by atoms with Crippen molar-refractivity contribution in [2.75, 3.05) is 31.4 Å². The predicted octanol–water partition coefficient (Wildman–Crippen LogP) is 2.76. The number of thiazole rings is 1. The highest BCUT2D eigenvalue weighted by Gasteiger charge is 2.03. The van der Waals surface area contributed by atoms with E-state index in [0.29, 0.717) is 12.5 Å². The van der Waals surface area contributed by atoms with E-state index in [1.54, 1.807) is 18.4 Å². The zero-order chi connectivity index (χ0) is 15.2. The smallest absolute Gasteiger partial charge is 0.193 e. The molecule has 22 heavy (non-hydrogen) atoms. The fourth-order valence-electron chi connectivity index (χ4n) is 1.60. The number of halogens is 1. The Morgan fingerprint density at radius 2 is 2.05 bits per heavy atom. The van der Waals surface area contributed by atoms with Gasteiger partial charge >= 0.3 is 0 Å². The summed E-state index contributed by atoms with van der Waals surface area (Å²) in [5.74, 6) is 1.16. The largest absolute Gasteiger partial charge is 0.497 e. The fourth-order valence-corrected chi connectivity index (χ4v) is 2.35. The molecule has 0 amide bonds. The summed E-state index contributed by atoms with van der Waals surface area (Å²) >= 11 is 1.59. The summed E-state index contributed by atoms with van der Waals surface area (Å²) in [6.45, 7) is 0.458. The van der Waals surface area contributed by atoms with E-state index in [0.717, 1.165) is 22.3 Å². The predicted molar refractivity (Wildman–Crippen MR) is 104 cm³/mol. The normalized spacial score (nSPS) is 10.8. The second kappa shape index (κ2) is 8.79. The highest BCUT2D eigenvalue weighted by molar-refractivity contribution is 14.0. The molecule has 0 aliphatic rings. The molecule has 8 heteroatoms. The van der Waals surface area contributed by atoms with Crippen LogP contribution in [0.4, 0.5) is 10.8 Å². The van der Waals surface area contributed by atoms with Crippen molar-refractivity contribution >= 4 is 52.1 Å². The molecule has 0 spiro atoms. The topological polar surface area (TPSA) is 75.8 Å².